The predicted octanol–water partition coefficient (Wildman–Crippen LogP) is 8.52. The van der Waals surface area contributed by atoms with Crippen LogP contribution in [0.5, 0.6) is 22.6 Å². The predicted molar refractivity (Wildman–Crippen MR) is 147 cm³/mol. The standard InChI is InChI=1S/C31H21N3O2S/c1-2-7-23(8-3-1)29-30(35-27-15-13-22(14-16-27)25-10-5-17-32-20-25)34-31(37-29)36-28-12-4-9-24(19-28)26-11-6-18-33-21-26/h1-21H. The minimum atomic E-state index is 0.503. The summed E-state index contributed by atoms with van der Waals surface area (Å²) in [4.78, 5) is 14.0. The Bertz CT molecular complexity index is 1600. The van der Waals surface area contributed by atoms with Gasteiger partial charge in [0, 0.05) is 30.4 Å². The molecule has 3 heterocycles. The highest BCUT2D eigenvalue weighted by Crippen LogP contribution is 2.43. The van der Waals surface area contributed by atoms with Crippen molar-refractivity contribution in [3.8, 4) is 55.3 Å². The van der Waals surface area contributed by atoms with Crippen LogP contribution in [-0.2, 0) is 0 Å². The van der Waals surface area contributed by atoms with Crippen molar-refractivity contribution in [2.24, 2.45) is 0 Å². The monoisotopic (exact) mass is 499 g/mol. The van der Waals surface area contributed by atoms with E-state index in [-0.39, 0.29) is 0 Å². The molecule has 0 aliphatic carbocycles. The molecule has 6 aromatic rings. The summed E-state index contributed by atoms with van der Waals surface area (Å²) in [6, 6.07) is 33.8. The number of hydrogen-bond acceptors (Lipinski definition) is 6. The van der Waals surface area contributed by atoms with E-state index in [0.717, 1.165) is 32.7 Å². The summed E-state index contributed by atoms with van der Waals surface area (Å²) in [5.41, 5.74) is 5.18. The van der Waals surface area contributed by atoms with Gasteiger partial charge in [-0.25, -0.2) is 0 Å². The normalized spacial score (nSPS) is 10.7. The lowest BCUT2D eigenvalue weighted by Gasteiger charge is -2.07. The Kier molecular flexibility index (Phi) is 6.39. The summed E-state index contributed by atoms with van der Waals surface area (Å²) in [6.45, 7) is 0. The van der Waals surface area contributed by atoms with Crippen molar-refractivity contribution in [3.63, 3.8) is 0 Å². The molecular weight excluding hydrogens is 478 g/mol. The van der Waals surface area contributed by atoms with Crippen LogP contribution in [-0.4, -0.2) is 15.0 Å². The number of nitrogens with zero attached hydrogens (tertiary/aromatic N) is 3. The van der Waals surface area contributed by atoms with Crippen molar-refractivity contribution >= 4 is 11.3 Å². The van der Waals surface area contributed by atoms with Gasteiger partial charge in [-0.3, -0.25) is 9.97 Å². The first kappa shape index (κ1) is 22.6. The molecule has 178 valence electrons. The minimum absolute atomic E-state index is 0.503. The van der Waals surface area contributed by atoms with Gasteiger partial charge in [-0.15, -0.1) is 0 Å². The molecule has 37 heavy (non-hydrogen) atoms. The highest BCUT2D eigenvalue weighted by molar-refractivity contribution is 7.17. The topological polar surface area (TPSA) is 57.1 Å². The van der Waals surface area contributed by atoms with Gasteiger partial charge < -0.3 is 9.47 Å². The summed E-state index contributed by atoms with van der Waals surface area (Å²) >= 11 is 1.45. The lowest BCUT2D eigenvalue weighted by Crippen LogP contribution is -1.88. The van der Waals surface area contributed by atoms with Crippen LogP contribution < -0.4 is 9.47 Å². The average Bonchev–Trinajstić information content (AvgIpc) is 3.37. The SMILES string of the molecule is c1ccc(-c2sc(Oc3cccc(-c4cccnc4)c3)nc2Oc2ccc(-c3cccnc3)cc2)cc1. The summed E-state index contributed by atoms with van der Waals surface area (Å²) in [5.74, 6) is 1.89. The van der Waals surface area contributed by atoms with E-state index in [4.69, 9.17) is 14.5 Å². The maximum absolute atomic E-state index is 6.26. The van der Waals surface area contributed by atoms with E-state index >= 15 is 0 Å². The van der Waals surface area contributed by atoms with Gasteiger partial charge in [0.1, 0.15) is 16.4 Å². The van der Waals surface area contributed by atoms with Crippen molar-refractivity contribution in [3.05, 3.63) is 128 Å². The number of aromatic nitrogens is 3. The van der Waals surface area contributed by atoms with Crippen LogP contribution >= 0.6 is 11.3 Å². The van der Waals surface area contributed by atoms with Crippen LogP contribution in [0.1, 0.15) is 0 Å². The smallest absolute Gasteiger partial charge is 0.282 e. The summed E-state index contributed by atoms with van der Waals surface area (Å²) in [7, 11) is 0. The van der Waals surface area contributed by atoms with Crippen LogP contribution in [0.15, 0.2) is 128 Å². The first-order valence-electron chi connectivity index (χ1n) is 11.7. The third-order valence-corrected chi connectivity index (χ3v) is 6.67. The fourth-order valence-electron chi connectivity index (χ4n) is 3.91. The Morgan fingerprint density at radius 2 is 1.19 bits per heavy atom. The molecule has 0 aliphatic heterocycles. The van der Waals surface area contributed by atoms with E-state index in [1.165, 1.54) is 11.3 Å². The third-order valence-electron chi connectivity index (χ3n) is 5.71. The average molecular weight is 500 g/mol. The molecular formula is C31H21N3O2S. The van der Waals surface area contributed by atoms with Gasteiger partial charge in [0.2, 0.25) is 5.88 Å². The first-order valence-corrected chi connectivity index (χ1v) is 12.6. The van der Waals surface area contributed by atoms with Gasteiger partial charge in [-0.05, 0) is 58.7 Å². The first-order chi connectivity index (χ1) is 18.3. The Labute approximate surface area is 218 Å². The van der Waals surface area contributed by atoms with Crippen molar-refractivity contribution in [1.29, 1.82) is 0 Å². The molecule has 3 aromatic carbocycles. The fraction of sp³-hybridized carbons (Fsp3) is 0. The largest absolute Gasteiger partial charge is 0.437 e. The van der Waals surface area contributed by atoms with Gasteiger partial charge in [-0.2, -0.15) is 4.98 Å². The molecule has 0 bridgehead atoms. The Hall–Kier alpha value is -4.81. The second kappa shape index (κ2) is 10.4. The minimum Gasteiger partial charge on any atom is -0.437 e. The highest BCUT2D eigenvalue weighted by atomic mass is 32.1. The quantitative estimate of drug-likeness (QED) is 0.220. The zero-order valence-corrected chi connectivity index (χ0v) is 20.5. The summed E-state index contributed by atoms with van der Waals surface area (Å²) in [5, 5.41) is 0.504. The second-order valence-corrected chi connectivity index (χ2v) is 9.18. The molecule has 0 fully saturated rings. The summed E-state index contributed by atoms with van der Waals surface area (Å²) < 4.78 is 12.5. The maximum Gasteiger partial charge on any atom is 0.282 e. The fourth-order valence-corrected chi connectivity index (χ4v) is 4.78. The van der Waals surface area contributed by atoms with Gasteiger partial charge in [0.15, 0.2) is 0 Å². The van der Waals surface area contributed by atoms with Gasteiger partial charge >= 0.3 is 0 Å². The van der Waals surface area contributed by atoms with E-state index in [2.05, 4.69) is 9.97 Å². The van der Waals surface area contributed by atoms with Crippen LogP contribution in [0.3, 0.4) is 0 Å². The number of benzene rings is 3. The van der Waals surface area contributed by atoms with E-state index in [0.29, 0.717) is 22.6 Å². The van der Waals surface area contributed by atoms with Gasteiger partial charge in [0.25, 0.3) is 5.19 Å². The molecule has 0 saturated heterocycles. The van der Waals surface area contributed by atoms with E-state index in [1.807, 2.05) is 116 Å². The zero-order chi connectivity index (χ0) is 24.9. The molecule has 0 N–H and O–H groups in total. The molecule has 0 atom stereocenters. The Morgan fingerprint density at radius 3 is 1.89 bits per heavy atom. The molecule has 0 saturated carbocycles. The van der Waals surface area contributed by atoms with Crippen molar-refractivity contribution < 1.29 is 9.47 Å². The van der Waals surface area contributed by atoms with E-state index < -0.39 is 0 Å². The van der Waals surface area contributed by atoms with Crippen LogP contribution in [0.25, 0.3) is 32.7 Å². The van der Waals surface area contributed by atoms with Crippen molar-refractivity contribution in [2.45, 2.75) is 0 Å². The van der Waals surface area contributed by atoms with Crippen molar-refractivity contribution in [1.82, 2.24) is 15.0 Å². The number of hydrogen-bond donors (Lipinski definition) is 0. The van der Waals surface area contributed by atoms with Crippen LogP contribution in [0, 0.1) is 0 Å². The highest BCUT2D eigenvalue weighted by Gasteiger charge is 2.17. The Morgan fingerprint density at radius 1 is 0.514 bits per heavy atom. The van der Waals surface area contributed by atoms with Gasteiger partial charge in [-0.1, -0.05) is 78.1 Å². The lowest BCUT2D eigenvalue weighted by molar-refractivity contribution is 0.442. The molecule has 6 heteroatoms. The van der Waals surface area contributed by atoms with Gasteiger partial charge in [0.05, 0.1) is 0 Å². The molecule has 0 unspecified atom stereocenters. The second-order valence-electron chi connectivity index (χ2n) is 8.22. The number of rotatable bonds is 7. The lowest BCUT2D eigenvalue weighted by atomic mass is 10.1. The molecule has 0 aliphatic rings. The number of ether oxygens (including phenoxy) is 2. The Balaban J connectivity index is 1.29. The van der Waals surface area contributed by atoms with Crippen molar-refractivity contribution in [2.75, 3.05) is 0 Å². The van der Waals surface area contributed by atoms with E-state index in [9.17, 15) is 0 Å². The number of pyridine rings is 2. The molecule has 6 rings (SSSR count). The molecule has 3 aromatic heterocycles. The van der Waals surface area contributed by atoms with Crippen LogP contribution in [0.2, 0.25) is 0 Å². The molecule has 0 radical (unpaired) electrons. The maximum atomic E-state index is 6.26. The molecule has 0 amide bonds. The molecule has 5 nitrogen and oxygen atoms in total. The number of thiazole rings is 1. The zero-order valence-electron chi connectivity index (χ0n) is 19.7. The summed E-state index contributed by atoms with van der Waals surface area (Å²) in [6.07, 6.45) is 7.21. The van der Waals surface area contributed by atoms with E-state index in [1.54, 1.807) is 12.4 Å². The van der Waals surface area contributed by atoms with Crippen LogP contribution in [0.4, 0.5) is 0 Å². The molecule has 0 spiro atoms. The third kappa shape index (κ3) is 5.24.